The number of sulfonamides is 1. The minimum absolute atomic E-state index is 0.121. The predicted molar refractivity (Wildman–Crippen MR) is 75.0 cm³/mol. The molecule has 2 aromatic rings. The molecule has 1 N–H and O–H groups in total. The fourth-order valence-corrected chi connectivity index (χ4v) is 3.28. The Labute approximate surface area is 123 Å². The van der Waals surface area contributed by atoms with E-state index >= 15 is 0 Å². The summed E-state index contributed by atoms with van der Waals surface area (Å²) < 4.78 is 33.8. The van der Waals surface area contributed by atoms with Gasteiger partial charge in [-0.1, -0.05) is 12.1 Å². The van der Waals surface area contributed by atoms with Gasteiger partial charge in [-0.3, -0.25) is 4.68 Å². The number of rotatable bonds is 7. The molecule has 1 fully saturated rings. The van der Waals surface area contributed by atoms with Gasteiger partial charge >= 0.3 is 0 Å². The zero-order chi connectivity index (χ0) is 14.9. The molecule has 0 unspecified atom stereocenters. The molecular weight excluding hydrogens is 292 g/mol. The molecule has 0 atom stereocenters. The van der Waals surface area contributed by atoms with Crippen LogP contribution in [-0.4, -0.2) is 23.4 Å². The van der Waals surface area contributed by atoms with Crippen LogP contribution < -0.4 is 4.72 Å². The molecule has 0 radical (unpaired) electrons. The summed E-state index contributed by atoms with van der Waals surface area (Å²) >= 11 is 0. The summed E-state index contributed by atoms with van der Waals surface area (Å²) in [5.41, 5.74) is 0.599. The largest absolute Gasteiger partial charge is 0.361 e. The van der Waals surface area contributed by atoms with Crippen LogP contribution in [0.4, 0.5) is 0 Å². The Bertz CT molecular complexity index is 715. The van der Waals surface area contributed by atoms with E-state index in [2.05, 4.69) is 15.0 Å². The lowest BCUT2D eigenvalue weighted by molar-refractivity contribution is 0.377. The summed E-state index contributed by atoms with van der Waals surface area (Å²) in [5, 5.41) is 8.10. The van der Waals surface area contributed by atoms with Gasteiger partial charge in [-0.2, -0.15) is 5.10 Å². The molecule has 2 heterocycles. The third-order valence-corrected chi connectivity index (χ3v) is 4.81. The standard InChI is InChI=1S/C13H18N4O3S/c1-2-7-17-13(5-6-14-17)21(18,19)15-9-11-8-12(20-16-11)10-3-4-10/h5-6,8,10,15H,2-4,7,9H2,1H3. The zero-order valence-electron chi connectivity index (χ0n) is 11.8. The van der Waals surface area contributed by atoms with Crippen LogP contribution in [0.3, 0.4) is 0 Å². The first-order chi connectivity index (χ1) is 10.1. The highest BCUT2D eigenvalue weighted by Crippen LogP contribution is 2.40. The summed E-state index contributed by atoms with van der Waals surface area (Å²) in [5.74, 6) is 1.31. The third-order valence-electron chi connectivity index (χ3n) is 3.39. The average Bonchev–Trinajstić information content (AvgIpc) is 3.01. The molecule has 1 saturated carbocycles. The number of hydrogen-bond acceptors (Lipinski definition) is 5. The number of nitrogens with zero attached hydrogens (tertiary/aromatic N) is 3. The van der Waals surface area contributed by atoms with E-state index in [-0.39, 0.29) is 11.6 Å². The van der Waals surface area contributed by atoms with E-state index in [4.69, 9.17) is 4.52 Å². The molecule has 0 bridgehead atoms. The molecule has 1 aliphatic carbocycles. The molecule has 0 amide bonds. The smallest absolute Gasteiger partial charge is 0.258 e. The van der Waals surface area contributed by atoms with Gasteiger partial charge in [0, 0.05) is 18.5 Å². The van der Waals surface area contributed by atoms with Gasteiger partial charge in [0.2, 0.25) is 0 Å². The molecule has 0 spiro atoms. The summed E-state index contributed by atoms with van der Waals surface area (Å²) in [6.07, 6.45) is 4.55. The van der Waals surface area contributed by atoms with Crippen molar-refractivity contribution in [3.8, 4) is 0 Å². The van der Waals surface area contributed by atoms with Crippen molar-refractivity contribution in [2.75, 3.05) is 0 Å². The first-order valence-electron chi connectivity index (χ1n) is 7.07. The van der Waals surface area contributed by atoms with Crippen molar-refractivity contribution in [1.82, 2.24) is 19.7 Å². The maximum Gasteiger partial charge on any atom is 0.258 e. The molecule has 8 heteroatoms. The van der Waals surface area contributed by atoms with Gasteiger partial charge in [-0.25, -0.2) is 13.1 Å². The normalized spacial score (nSPS) is 15.5. The fraction of sp³-hybridized carbons (Fsp3) is 0.538. The highest BCUT2D eigenvalue weighted by molar-refractivity contribution is 7.89. The monoisotopic (exact) mass is 310 g/mol. The first kappa shape index (κ1) is 14.3. The Morgan fingerprint density at radius 2 is 2.29 bits per heavy atom. The zero-order valence-corrected chi connectivity index (χ0v) is 12.6. The summed E-state index contributed by atoms with van der Waals surface area (Å²) in [6.45, 7) is 2.66. The number of nitrogens with one attached hydrogen (secondary N) is 1. The number of aryl methyl sites for hydroxylation is 1. The SMILES string of the molecule is CCCn1nccc1S(=O)(=O)NCc1cc(C2CC2)on1. The molecular formula is C13H18N4O3S. The lowest BCUT2D eigenvalue weighted by atomic mass is 10.3. The van der Waals surface area contributed by atoms with Gasteiger partial charge in [-0.05, 0) is 25.3 Å². The Kier molecular flexibility index (Phi) is 3.81. The van der Waals surface area contributed by atoms with Crippen LogP contribution in [0.5, 0.6) is 0 Å². The van der Waals surface area contributed by atoms with Gasteiger partial charge in [0.25, 0.3) is 10.0 Å². The topological polar surface area (TPSA) is 90.0 Å². The molecule has 0 aromatic carbocycles. The molecule has 3 rings (SSSR count). The Morgan fingerprint density at radius 1 is 1.48 bits per heavy atom. The van der Waals surface area contributed by atoms with Crippen molar-refractivity contribution in [3.63, 3.8) is 0 Å². The highest BCUT2D eigenvalue weighted by atomic mass is 32.2. The lowest BCUT2D eigenvalue weighted by Crippen LogP contribution is -2.26. The van der Waals surface area contributed by atoms with E-state index < -0.39 is 10.0 Å². The minimum atomic E-state index is -3.59. The third kappa shape index (κ3) is 3.16. The first-order valence-corrected chi connectivity index (χ1v) is 8.55. The van der Waals surface area contributed by atoms with Gasteiger partial charge in [0.05, 0.1) is 18.4 Å². The second kappa shape index (κ2) is 5.61. The fourth-order valence-electron chi connectivity index (χ4n) is 2.14. The summed E-state index contributed by atoms with van der Waals surface area (Å²) in [4.78, 5) is 0. The van der Waals surface area contributed by atoms with E-state index in [0.717, 1.165) is 25.0 Å². The molecule has 2 aromatic heterocycles. The van der Waals surface area contributed by atoms with Crippen molar-refractivity contribution in [3.05, 3.63) is 29.8 Å². The van der Waals surface area contributed by atoms with E-state index in [1.807, 2.05) is 13.0 Å². The predicted octanol–water partition coefficient (Wildman–Crippen LogP) is 1.64. The van der Waals surface area contributed by atoms with Gasteiger partial charge in [0.1, 0.15) is 5.76 Å². The van der Waals surface area contributed by atoms with Gasteiger partial charge in [-0.15, -0.1) is 0 Å². The summed E-state index contributed by atoms with van der Waals surface area (Å²) in [7, 11) is -3.59. The molecule has 7 nitrogen and oxygen atoms in total. The van der Waals surface area contributed by atoms with E-state index in [1.54, 1.807) is 0 Å². The second-order valence-corrected chi connectivity index (χ2v) is 6.93. The van der Waals surface area contributed by atoms with E-state index in [9.17, 15) is 8.42 Å². The van der Waals surface area contributed by atoms with Crippen LogP contribution in [-0.2, 0) is 23.1 Å². The van der Waals surface area contributed by atoms with Crippen LogP contribution in [0.2, 0.25) is 0 Å². The second-order valence-electron chi connectivity index (χ2n) is 5.21. The molecule has 1 aliphatic rings. The van der Waals surface area contributed by atoms with Crippen LogP contribution >= 0.6 is 0 Å². The van der Waals surface area contributed by atoms with Crippen LogP contribution in [0.25, 0.3) is 0 Å². The van der Waals surface area contributed by atoms with Crippen LogP contribution in [0.15, 0.2) is 27.9 Å². The molecule has 114 valence electrons. The van der Waals surface area contributed by atoms with E-state index in [1.165, 1.54) is 16.9 Å². The Balaban J connectivity index is 1.68. The number of aromatic nitrogens is 3. The Morgan fingerprint density at radius 3 is 3.00 bits per heavy atom. The Hall–Kier alpha value is -1.67. The average molecular weight is 310 g/mol. The van der Waals surface area contributed by atoms with Crippen LogP contribution in [0, 0.1) is 0 Å². The van der Waals surface area contributed by atoms with E-state index in [0.29, 0.717) is 18.2 Å². The minimum Gasteiger partial charge on any atom is -0.361 e. The molecule has 0 saturated heterocycles. The van der Waals surface area contributed by atoms with Crippen molar-refractivity contribution in [1.29, 1.82) is 0 Å². The van der Waals surface area contributed by atoms with Gasteiger partial charge in [0.15, 0.2) is 5.03 Å². The maximum absolute atomic E-state index is 12.3. The highest BCUT2D eigenvalue weighted by Gasteiger charge is 2.28. The molecule has 21 heavy (non-hydrogen) atoms. The lowest BCUT2D eigenvalue weighted by Gasteiger charge is -2.07. The van der Waals surface area contributed by atoms with Gasteiger partial charge < -0.3 is 4.52 Å². The number of hydrogen-bond donors (Lipinski definition) is 1. The van der Waals surface area contributed by atoms with Crippen LogP contribution in [0.1, 0.15) is 43.6 Å². The van der Waals surface area contributed by atoms with Crippen molar-refractivity contribution >= 4 is 10.0 Å². The van der Waals surface area contributed by atoms with Crippen molar-refractivity contribution in [2.24, 2.45) is 0 Å². The summed E-state index contributed by atoms with van der Waals surface area (Å²) in [6, 6.07) is 3.32. The van der Waals surface area contributed by atoms with Crippen molar-refractivity contribution < 1.29 is 12.9 Å². The quantitative estimate of drug-likeness (QED) is 0.839. The van der Waals surface area contributed by atoms with Crippen molar-refractivity contribution in [2.45, 2.75) is 50.2 Å². The maximum atomic E-state index is 12.3. The molecule has 0 aliphatic heterocycles.